The zero-order valence-corrected chi connectivity index (χ0v) is 14.2. The van der Waals surface area contributed by atoms with Crippen LogP contribution in [0.4, 0.5) is 10.5 Å². The highest BCUT2D eigenvalue weighted by atomic mass is 16.5. The number of hydrogen-bond acceptors (Lipinski definition) is 4. The van der Waals surface area contributed by atoms with E-state index in [-0.39, 0.29) is 18.4 Å². The monoisotopic (exact) mass is 330 g/mol. The van der Waals surface area contributed by atoms with Crippen molar-refractivity contribution >= 4 is 17.7 Å². The second-order valence-electron chi connectivity index (χ2n) is 5.48. The van der Waals surface area contributed by atoms with Crippen molar-refractivity contribution in [2.24, 2.45) is 0 Å². The van der Waals surface area contributed by atoms with Gasteiger partial charge in [0, 0.05) is 12.7 Å². The Morgan fingerprint density at radius 3 is 2.46 bits per heavy atom. The standard InChI is InChI=1S/C18H22N2O4/c1-4-23-17(21)11-14-6-8-15(9-7-14)19-18(22)20(3)12-16-10-5-13(2)24-16/h5-10H,4,11-12H2,1-3H3,(H,19,22). The summed E-state index contributed by atoms with van der Waals surface area (Å²) in [5, 5.41) is 2.80. The van der Waals surface area contributed by atoms with Crippen molar-refractivity contribution in [1.82, 2.24) is 4.90 Å². The number of nitrogens with zero attached hydrogens (tertiary/aromatic N) is 1. The molecule has 0 radical (unpaired) electrons. The average molecular weight is 330 g/mol. The van der Waals surface area contributed by atoms with Gasteiger partial charge in [0.1, 0.15) is 11.5 Å². The van der Waals surface area contributed by atoms with Crippen molar-refractivity contribution in [1.29, 1.82) is 0 Å². The van der Waals surface area contributed by atoms with Gasteiger partial charge in [0.2, 0.25) is 0 Å². The largest absolute Gasteiger partial charge is 0.466 e. The Morgan fingerprint density at radius 2 is 1.88 bits per heavy atom. The third kappa shape index (κ3) is 5.15. The molecule has 128 valence electrons. The summed E-state index contributed by atoms with van der Waals surface area (Å²) in [6.45, 7) is 4.40. The molecule has 2 rings (SSSR count). The van der Waals surface area contributed by atoms with Crippen LogP contribution in [0, 0.1) is 6.92 Å². The van der Waals surface area contributed by atoms with E-state index in [1.165, 1.54) is 4.90 Å². The molecule has 0 aliphatic heterocycles. The van der Waals surface area contributed by atoms with E-state index in [4.69, 9.17) is 9.15 Å². The number of benzene rings is 1. The molecule has 1 N–H and O–H groups in total. The molecule has 1 heterocycles. The first-order chi connectivity index (χ1) is 11.5. The molecule has 1 aromatic carbocycles. The van der Waals surface area contributed by atoms with Crippen molar-refractivity contribution in [3.8, 4) is 0 Å². The fourth-order valence-corrected chi connectivity index (χ4v) is 2.18. The van der Waals surface area contributed by atoms with Crippen molar-refractivity contribution in [2.45, 2.75) is 26.8 Å². The molecule has 0 fully saturated rings. The molecule has 1 aromatic heterocycles. The van der Waals surface area contributed by atoms with Crippen LogP contribution in [-0.2, 0) is 22.5 Å². The normalized spacial score (nSPS) is 10.3. The van der Waals surface area contributed by atoms with Gasteiger partial charge in [-0.05, 0) is 43.7 Å². The van der Waals surface area contributed by atoms with E-state index in [1.807, 2.05) is 19.1 Å². The van der Waals surface area contributed by atoms with Crippen LogP contribution < -0.4 is 5.32 Å². The Labute approximate surface area is 141 Å². The number of anilines is 1. The predicted octanol–water partition coefficient (Wildman–Crippen LogP) is 3.36. The quantitative estimate of drug-likeness (QED) is 0.824. The van der Waals surface area contributed by atoms with Gasteiger partial charge in [-0.2, -0.15) is 0 Å². The molecule has 0 unspecified atom stereocenters. The molecule has 6 heteroatoms. The third-order valence-corrected chi connectivity index (χ3v) is 3.39. The second-order valence-corrected chi connectivity index (χ2v) is 5.48. The molecule has 0 aliphatic rings. The van der Waals surface area contributed by atoms with Crippen molar-refractivity contribution < 1.29 is 18.7 Å². The summed E-state index contributed by atoms with van der Waals surface area (Å²) in [5.74, 6) is 1.29. The summed E-state index contributed by atoms with van der Waals surface area (Å²) >= 11 is 0. The number of esters is 1. The highest BCUT2D eigenvalue weighted by molar-refractivity contribution is 5.89. The number of carbonyl (C=O) groups is 2. The number of aryl methyl sites for hydroxylation is 1. The first-order valence-electron chi connectivity index (χ1n) is 7.80. The van der Waals surface area contributed by atoms with E-state index in [0.29, 0.717) is 18.8 Å². The van der Waals surface area contributed by atoms with Crippen molar-refractivity contribution in [3.63, 3.8) is 0 Å². The molecule has 24 heavy (non-hydrogen) atoms. The molecular weight excluding hydrogens is 308 g/mol. The van der Waals surface area contributed by atoms with Crippen LogP contribution in [0.15, 0.2) is 40.8 Å². The maximum Gasteiger partial charge on any atom is 0.321 e. The molecule has 0 atom stereocenters. The summed E-state index contributed by atoms with van der Waals surface area (Å²) in [6.07, 6.45) is 0.222. The van der Waals surface area contributed by atoms with Gasteiger partial charge in [0.15, 0.2) is 0 Å². The van der Waals surface area contributed by atoms with Gasteiger partial charge in [-0.1, -0.05) is 12.1 Å². The highest BCUT2D eigenvalue weighted by Crippen LogP contribution is 2.13. The van der Waals surface area contributed by atoms with E-state index in [2.05, 4.69) is 5.32 Å². The van der Waals surface area contributed by atoms with Gasteiger partial charge in [-0.3, -0.25) is 4.79 Å². The van der Waals surface area contributed by atoms with Crippen LogP contribution in [-0.4, -0.2) is 30.6 Å². The number of urea groups is 1. The lowest BCUT2D eigenvalue weighted by Crippen LogP contribution is -2.30. The van der Waals surface area contributed by atoms with Gasteiger partial charge in [0.25, 0.3) is 0 Å². The highest BCUT2D eigenvalue weighted by Gasteiger charge is 2.11. The van der Waals surface area contributed by atoms with Crippen molar-refractivity contribution in [3.05, 3.63) is 53.5 Å². The van der Waals surface area contributed by atoms with Crippen molar-refractivity contribution in [2.75, 3.05) is 19.0 Å². The van der Waals surface area contributed by atoms with Crippen LogP contribution in [0.3, 0.4) is 0 Å². The first kappa shape index (κ1) is 17.6. The maximum absolute atomic E-state index is 12.2. The summed E-state index contributed by atoms with van der Waals surface area (Å²) in [5.41, 5.74) is 1.50. The summed E-state index contributed by atoms with van der Waals surface area (Å²) in [6, 6.07) is 10.6. The Hall–Kier alpha value is -2.76. The second kappa shape index (κ2) is 8.19. The van der Waals surface area contributed by atoms with Crippen LogP contribution in [0.25, 0.3) is 0 Å². The lowest BCUT2D eigenvalue weighted by molar-refractivity contribution is -0.142. The number of rotatable bonds is 6. The molecular formula is C18H22N2O4. The fourth-order valence-electron chi connectivity index (χ4n) is 2.18. The maximum atomic E-state index is 12.2. The van der Waals surface area contributed by atoms with E-state index in [0.717, 1.165) is 17.1 Å². The van der Waals surface area contributed by atoms with Gasteiger partial charge >= 0.3 is 12.0 Å². The molecule has 2 amide bonds. The molecule has 0 spiro atoms. The number of carbonyl (C=O) groups excluding carboxylic acids is 2. The Balaban J connectivity index is 1.88. The minimum atomic E-state index is -0.261. The van der Waals surface area contributed by atoms with E-state index in [9.17, 15) is 9.59 Å². The topological polar surface area (TPSA) is 71.8 Å². The molecule has 0 bridgehead atoms. The summed E-state index contributed by atoms with van der Waals surface area (Å²) in [7, 11) is 1.70. The first-order valence-corrected chi connectivity index (χ1v) is 7.80. The number of furan rings is 1. The third-order valence-electron chi connectivity index (χ3n) is 3.39. The van der Waals surface area contributed by atoms with Crippen LogP contribution in [0.1, 0.15) is 24.0 Å². The van der Waals surface area contributed by atoms with E-state index >= 15 is 0 Å². The summed E-state index contributed by atoms with van der Waals surface area (Å²) in [4.78, 5) is 25.1. The molecule has 0 aliphatic carbocycles. The molecule has 0 saturated carbocycles. The lowest BCUT2D eigenvalue weighted by Gasteiger charge is -2.16. The van der Waals surface area contributed by atoms with Gasteiger partial charge < -0.3 is 19.4 Å². The Morgan fingerprint density at radius 1 is 1.17 bits per heavy atom. The molecule has 6 nitrogen and oxygen atoms in total. The van der Waals surface area contributed by atoms with Crippen LogP contribution in [0.2, 0.25) is 0 Å². The lowest BCUT2D eigenvalue weighted by atomic mass is 10.1. The zero-order chi connectivity index (χ0) is 17.5. The van der Waals surface area contributed by atoms with Gasteiger partial charge in [0.05, 0.1) is 19.6 Å². The summed E-state index contributed by atoms with van der Waals surface area (Å²) < 4.78 is 10.4. The SMILES string of the molecule is CCOC(=O)Cc1ccc(NC(=O)N(C)Cc2ccc(C)o2)cc1. The number of nitrogens with one attached hydrogen (secondary N) is 1. The average Bonchev–Trinajstić information content (AvgIpc) is 2.94. The Bertz CT molecular complexity index is 691. The predicted molar refractivity (Wildman–Crippen MR) is 90.7 cm³/mol. The number of ether oxygens (including phenoxy) is 1. The molecule has 2 aromatic rings. The van der Waals surface area contributed by atoms with E-state index < -0.39 is 0 Å². The van der Waals surface area contributed by atoms with Gasteiger partial charge in [-0.25, -0.2) is 4.79 Å². The Kier molecular flexibility index (Phi) is 6.01. The van der Waals surface area contributed by atoms with Gasteiger partial charge in [-0.15, -0.1) is 0 Å². The molecule has 0 saturated heterocycles. The smallest absolute Gasteiger partial charge is 0.321 e. The van der Waals surface area contributed by atoms with Crippen LogP contribution in [0.5, 0.6) is 0 Å². The minimum Gasteiger partial charge on any atom is -0.466 e. The zero-order valence-electron chi connectivity index (χ0n) is 14.2. The van der Waals surface area contributed by atoms with E-state index in [1.54, 1.807) is 38.2 Å². The number of hydrogen-bond donors (Lipinski definition) is 1. The number of amides is 2. The van der Waals surface area contributed by atoms with Crippen LogP contribution >= 0.6 is 0 Å². The fraction of sp³-hybridized carbons (Fsp3) is 0.333. The minimum absolute atomic E-state index is 0.222.